The minimum Gasteiger partial charge on any atom is -0.480 e. The predicted molar refractivity (Wildman–Crippen MR) is 77.9 cm³/mol. The molecule has 0 fully saturated rings. The average molecular weight is 284 g/mol. The summed E-state index contributed by atoms with van der Waals surface area (Å²) in [5.41, 5.74) is -0.260. The van der Waals surface area contributed by atoms with Crippen LogP contribution in [0.15, 0.2) is 60.7 Å². The second-order valence-electron chi connectivity index (χ2n) is 4.72. The van der Waals surface area contributed by atoms with Gasteiger partial charge < -0.3 is 9.84 Å². The molecule has 0 aromatic heterocycles. The zero-order chi connectivity index (χ0) is 15.3. The van der Waals surface area contributed by atoms with E-state index >= 15 is 0 Å². The lowest BCUT2D eigenvalue weighted by atomic mass is 9.75. The van der Waals surface area contributed by atoms with E-state index in [0.29, 0.717) is 11.1 Å². The van der Waals surface area contributed by atoms with Crippen molar-refractivity contribution in [3.8, 4) is 0 Å². The van der Waals surface area contributed by atoms with Crippen LogP contribution in [0.2, 0.25) is 0 Å². The summed E-state index contributed by atoms with van der Waals surface area (Å²) in [5, 5.41) is 9.85. The molecule has 0 aliphatic rings. The first kappa shape index (κ1) is 14.8. The van der Waals surface area contributed by atoms with Crippen molar-refractivity contribution in [1.29, 1.82) is 0 Å². The third kappa shape index (κ3) is 2.94. The number of hydrogen-bond acceptors (Lipinski definition) is 3. The Kier molecular flexibility index (Phi) is 4.38. The Bertz CT molecular complexity index is 580. The summed E-state index contributed by atoms with van der Waals surface area (Å²) in [7, 11) is 0. The fourth-order valence-corrected chi connectivity index (χ4v) is 2.30. The maximum atomic E-state index is 12.0. The summed E-state index contributed by atoms with van der Waals surface area (Å²) in [5.74, 6) is -1.56. The number of rotatable bonds is 5. The normalized spacial score (nSPS) is 10.9. The molecule has 0 bridgehead atoms. The van der Waals surface area contributed by atoms with Gasteiger partial charge in [0.25, 0.3) is 0 Å². The molecule has 1 N–H and O–H groups in total. The maximum Gasteiger partial charge on any atom is 0.322 e. The van der Waals surface area contributed by atoms with Gasteiger partial charge in [0.05, 0.1) is 0 Å². The van der Waals surface area contributed by atoms with E-state index in [1.807, 2.05) is 12.1 Å². The van der Waals surface area contributed by atoms with Gasteiger partial charge in [-0.05, 0) is 11.1 Å². The molecule has 2 aromatic rings. The zero-order valence-corrected chi connectivity index (χ0v) is 11.7. The first-order valence-corrected chi connectivity index (χ1v) is 6.55. The third-order valence-electron chi connectivity index (χ3n) is 3.39. The van der Waals surface area contributed by atoms with E-state index in [0.717, 1.165) is 0 Å². The molecule has 108 valence electrons. The lowest BCUT2D eigenvalue weighted by Crippen LogP contribution is -2.42. The monoisotopic (exact) mass is 284 g/mol. The number of ether oxygens (including phenoxy) is 1. The van der Waals surface area contributed by atoms with Crippen molar-refractivity contribution < 1.29 is 19.4 Å². The molecule has 4 heteroatoms. The van der Waals surface area contributed by atoms with Gasteiger partial charge in [-0.1, -0.05) is 60.7 Å². The van der Waals surface area contributed by atoms with Gasteiger partial charge in [0.2, 0.25) is 0 Å². The first-order valence-electron chi connectivity index (χ1n) is 6.55. The van der Waals surface area contributed by atoms with Crippen LogP contribution in [0.1, 0.15) is 18.1 Å². The van der Waals surface area contributed by atoms with E-state index in [1.165, 1.54) is 6.92 Å². The largest absolute Gasteiger partial charge is 0.480 e. The molecule has 0 radical (unpaired) electrons. The molecule has 0 saturated heterocycles. The highest BCUT2D eigenvalue weighted by Crippen LogP contribution is 2.33. The minimum atomic E-state index is -1.41. The minimum absolute atomic E-state index is 0.244. The molecule has 0 aliphatic heterocycles. The van der Waals surface area contributed by atoms with Crippen LogP contribution in [-0.2, 0) is 19.7 Å². The van der Waals surface area contributed by atoms with E-state index in [-0.39, 0.29) is 6.61 Å². The third-order valence-corrected chi connectivity index (χ3v) is 3.39. The van der Waals surface area contributed by atoms with E-state index in [2.05, 4.69) is 0 Å². The predicted octanol–water partition coefficient (Wildman–Crippen LogP) is 2.62. The SMILES string of the molecule is CC(=O)OCC(C(=O)O)(c1ccccc1)c1ccccc1. The van der Waals surface area contributed by atoms with Crippen molar-refractivity contribution in [1.82, 2.24) is 0 Å². The molecule has 0 heterocycles. The quantitative estimate of drug-likeness (QED) is 0.857. The molecule has 21 heavy (non-hydrogen) atoms. The van der Waals surface area contributed by atoms with Gasteiger partial charge in [0.1, 0.15) is 6.61 Å². The van der Waals surface area contributed by atoms with Crippen molar-refractivity contribution >= 4 is 11.9 Å². The molecule has 0 atom stereocenters. The number of carboxylic acid groups (broad SMARTS) is 1. The highest BCUT2D eigenvalue weighted by Gasteiger charge is 2.43. The second kappa shape index (κ2) is 6.22. The smallest absolute Gasteiger partial charge is 0.322 e. The summed E-state index contributed by atoms with van der Waals surface area (Å²) in [6, 6.07) is 17.6. The molecule has 0 unspecified atom stereocenters. The van der Waals surface area contributed by atoms with Crippen molar-refractivity contribution in [2.45, 2.75) is 12.3 Å². The highest BCUT2D eigenvalue weighted by atomic mass is 16.5. The van der Waals surface area contributed by atoms with Gasteiger partial charge in [0, 0.05) is 6.92 Å². The van der Waals surface area contributed by atoms with Crippen LogP contribution in [0.3, 0.4) is 0 Å². The molecule has 0 spiro atoms. The summed E-state index contributed by atoms with van der Waals surface area (Å²) in [6.45, 7) is 1.02. The molecular formula is C17H16O4. The van der Waals surface area contributed by atoms with E-state index in [1.54, 1.807) is 48.5 Å². The Morgan fingerprint density at radius 2 is 1.38 bits per heavy atom. The topological polar surface area (TPSA) is 63.6 Å². The Morgan fingerprint density at radius 3 is 1.71 bits per heavy atom. The molecule has 0 amide bonds. The highest BCUT2D eigenvalue weighted by molar-refractivity contribution is 5.86. The summed E-state index contributed by atoms with van der Waals surface area (Å²) in [4.78, 5) is 23.2. The lowest BCUT2D eigenvalue weighted by molar-refractivity contribution is -0.150. The van der Waals surface area contributed by atoms with Crippen molar-refractivity contribution in [2.75, 3.05) is 6.61 Å². The van der Waals surface area contributed by atoms with Crippen molar-refractivity contribution in [3.63, 3.8) is 0 Å². The number of carboxylic acids is 1. The average Bonchev–Trinajstić information content (AvgIpc) is 2.49. The molecule has 0 aliphatic carbocycles. The van der Waals surface area contributed by atoms with Gasteiger partial charge in [-0.25, -0.2) is 0 Å². The van der Waals surface area contributed by atoms with E-state index < -0.39 is 17.4 Å². The second-order valence-corrected chi connectivity index (χ2v) is 4.72. The summed E-state index contributed by atoms with van der Waals surface area (Å²) >= 11 is 0. The van der Waals surface area contributed by atoms with Crippen LogP contribution in [0.5, 0.6) is 0 Å². The van der Waals surface area contributed by atoms with Crippen LogP contribution in [0.4, 0.5) is 0 Å². The van der Waals surface area contributed by atoms with Crippen LogP contribution >= 0.6 is 0 Å². The van der Waals surface area contributed by atoms with Gasteiger partial charge in [0.15, 0.2) is 5.41 Å². The number of carbonyl (C=O) groups excluding carboxylic acids is 1. The van der Waals surface area contributed by atoms with Gasteiger partial charge >= 0.3 is 11.9 Å². The van der Waals surface area contributed by atoms with Gasteiger partial charge in [-0.3, -0.25) is 9.59 Å². The van der Waals surface area contributed by atoms with Crippen molar-refractivity contribution in [3.05, 3.63) is 71.8 Å². The van der Waals surface area contributed by atoms with Crippen LogP contribution in [0.25, 0.3) is 0 Å². The Hall–Kier alpha value is -2.62. The Balaban J connectivity index is 2.60. The summed E-state index contributed by atoms with van der Waals surface area (Å²) in [6.07, 6.45) is 0. The molecular weight excluding hydrogens is 268 g/mol. The maximum absolute atomic E-state index is 12.0. The molecule has 2 rings (SSSR count). The van der Waals surface area contributed by atoms with Gasteiger partial charge in [-0.15, -0.1) is 0 Å². The fraction of sp³-hybridized carbons (Fsp3) is 0.176. The number of aliphatic carboxylic acids is 1. The van der Waals surface area contributed by atoms with Crippen LogP contribution < -0.4 is 0 Å². The van der Waals surface area contributed by atoms with Crippen LogP contribution in [0, 0.1) is 0 Å². The van der Waals surface area contributed by atoms with Crippen molar-refractivity contribution in [2.24, 2.45) is 0 Å². The molecule has 4 nitrogen and oxygen atoms in total. The summed E-state index contributed by atoms with van der Waals surface area (Å²) < 4.78 is 5.06. The Labute approximate surface area is 123 Å². The zero-order valence-electron chi connectivity index (χ0n) is 11.7. The standard InChI is InChI=1S/C17H16O4/c1-13(18)21-12-17(16(19)20,14-8-4-2-5-9-14)15-10-6-3-7-11-15/h2-11H,12H2,1H3,(H,19,20). The number of esters is 1. The van der Waals surface area contributed by atoms with E-state index in [4.69, 9.17) is 4.74 Å². The van der Waals surface area contributed by atoms with Gasteiger partial charge in [-0.2, -0.15) is 0 Å². The number of hydrogen-bond donors (Lipinski definition) is 1. The molecule has 0 saturated carbocycles. The fourth-order valence-electron chi connectivity index (χ4n) is 2.30. The van der Waals surface area contributed by atoms with Crippen LogP contribution in [-0.4, -0.2) is 23.7 Å². The number of carbonyl (C=O) groups is 2. The lowest BCUT2D eigenvalue weighted by Gasteiger charge is -2.30. The first-order chi connectivity index (χ1) is 10.1. The van der Waals surface area contributed by atoms with E-state index in [9.17, 15) is 14.7 Å². The molecule has 2 aromatic carbocycles. The number of benzene rings is 2. The Morgan fingerprint density at radius 1 is 0.952 bits per heavy atom.